The molecule has 4 rings (SSSR count). The molecule has 0 bridgehead atoms. The first-order valence-corrected chi connectivity index (χ1v) is 9.83. The third-order valence-electron chi connectivity index (χ3n) is 5.18. The maximum atomic E-state index is 12.9. The number of hydrogen-bond acceptors (Lipinski definition) is 6. The Morgan fingerprint density at radius 2 is 1.39 bits per heavy atom. The Morgan fingerprint density at radius 3 is 1.94 bits per heavy atom. The number of rotatable bonds is 7. The lowest BCUT2D eigenvalue weighted by Crippen LogP contribution is -2.41. The van der Waals surface area contributed by atoms with Gasteiger partial charge in [0.15, 0.2) is 0 Å². The number of hydrogen-bond donors (Lipinski definition) is 0. The molecule has 0 aliphatic carbocycles. The highest BCUT2D eigenvalue weighted by Gasteiger charge is 2.32. The van der Waals surface area contributed by atoms with Crippen molar-refractivity contribution in [2.45, 2.75) is 12.8 Å². The Labute approximate surface area is 179 Å². The van der Waals surface area contributed by atoms with Crippen LogP contribution in [0.3, 0.4) is 0 Å². The van der Waals surface area contributed by atoms with Gasteiger partial charge in [0.1, 0.15) is 17.2 Å². The number of amides is 2. The van der Waals surface area contributed by atoms with Crippen molar-refractivity contribution in [3.8, 4) is 17.2 Å². The highest BCUT2D eigenvalue weighted by Crippen LogP contribution is 2.30. The van der Waals surface area contributed by atoms with E-state index in [4.69, 9.17) is 14.2 Å². The van der Waals surface area contributed by atoms with Crippen LogP contribution in [0.2, 0.25) is 0 Å². The van der Waals surface area contributed by atoms with Crippen LogP contribution in [0.1, 0.15) is 33.6 Å². The van der Waals surface area contributed by atoms with Gasteiger partial charge in [0.2, 0.25) is 0 Å². The van der Waals surface area contributed by atoms with Gasteiger partial charge in [0.05, 0.1) is 14.2 Å². The minimum atomic E-state index is -0.477. The molecule has 0 fully saturated rings. The van der Waals surface area contributed by atoms with Gasteiger partial charge in [0, 0.05) is 47.7 Å². The van der Waals surface area contributed by atoms with Crippen molar-refractivity contribution in [2.24, 2.45) is 0 Å². The number of methoxy groups -OCH3 is 2. The van der Waals surface area contributed by atoms with E-state index in [-0.39, 0.29) is 31.2 Å². The lowest BCUT2D eigenvalue weighted by atomic mass is 9.94. The number of carbonyl (C=O) groups excluding carboxylic acids is 3. The largest absolute Gasteiger partial charge is 0.496 e. The van der Waals surface area contributed by atoms with Gasteiger partial charge >= 0.3 is 5.97 Å². The Bertz CT molecular complexity index is 1110. The van der Waals surface area contributed by atoms with E-state index in [0.717, 1.165) is 5.39 Å². The van der Waals surface area contributed by atoms with Gasteiger partial charge in [0.25, 0.3) is 11.8 Å². The first-order chi connectivity index (χ1) is 15.0. The number of benzene rings is 3. The average molecular weight is 419 g/mol. The molecule has 7 heteroatoms. The molecule has 0 N–H and O–H groups in total. The van der Waals surface area contributed by atoms with E-state index in [2.05, 4.69) is 0 Å². The molecular weight excluding hydrogens is 398 g/mol. The summed E-state index contributed by atoms with van der Waals surface area (Å²) in [6.45, 7) is 0.124. The van der Waals surface area contributed by atoms with E-state index in [0.29, 0.717) is 33.8 Å². The summed E-state index contributed by atoms with van der Waals surface area (Å²) in [5.41, 5.74) is 0.998. The smallest absolute Gasteiger partial charge is 0.311 e. The van der Waals surface area contributed by atoms with Crippen LogP contribution in [0.4, 0.5) is 0 Å². The van der Waals surface area contributed by atoms with Gasteiger partial charge in [-0.25, -0.2) is 0 Å². The van der Waals surface area contributed by atoms with Crippen molar-refractivity contribution in [1.82, 2.24) is 4.90 Å². The Balaban J connectivity index is 1.42. The zero-order valence-electron chi connectivity index (χ0n) is 17.2. The molecule has 158 valence electrons. The summed E-state index contributed by atoms with van der Waals surface area (Å²) < 4.78 is 15.7. The van der Waals surface area contributed by atoms with Crippen molar-refractivity contribution in [3.63, 3.8) is 0 Å². The zero-order chi connectivity index (χ0) is 22.0. The minimum Gasteiger partial charge on any atom is -0.496 e. The molecular formula is C24H21NO6. The predicted octanol–water partition coefficient (Wildman–Crippen LogP) is 3.84. The van der Waals surface area contributed by atoms with Crippen LogP contribution in [0.25, 0.3) is 10.8 Å². The van der Waals surface area contributed by atoms with Gasteiger partial charge in [-0.15, -0.1) is 0 Å². The normalized spacial score (nSPS) is 12.8. The summed E-state index contributed by atoms with van der Waals surface area (Å²) in [4.78, 5) is 39.2. The van der Waals surface area contributed by atoms with E-state index < -0.39 is 5.97 Å². The van der Waals surface area contributed by atoms with E-state index in [1.165, 1.54) is 19.1 Å². The Hall–Kier alpha value is -3.87. The molecule has 0 radical (unpaired) electrons. The van der Waals surface area contributed by atoms with Gasteiger partial charge < -0.3 is 14.2 Å². The fourth-order valence-corrected chi connectivity index (χ4v) is 3.69. The summed E-state index contributed by atoms with van der Waals surface area (Å²) in [6.07, 6.45) is 0.331. The molecule has 0 unspecified atom stereocenters. The van der Waals surface area contributed by atoms with E-state index >= 15 is 0 Å². The topological polar surface area (TPSA) is 82.1 Å². The molecule has 7 nitrogen and oxygen atoms in total. The molecule has 0 aromatic heterocycles. The van der Waals surface area contributed by atoms with Crippen molar-refractivity contribution >= 4 is 28.6 Å². The third-order valence-corrected chi connectivity index (χ3v) is 5.18. The number of nitrogens with zero attached hydrogens (tertiary/aromatic N) is 1. The lowest BCUT2D eigenvalue weighted by Gasteiger charge is -2.27. The zero-order valence-corrected chi connectivity index (χ0v) is 17.2. The Kier molecular flexibility index (Phi) is 5.58. The predicted molar refractivity (Wildman–Crippen MR) is 114 cm³/mol. The molecule has 31 heavy (non-hydrogen) atoms. The first-order valence-electron chi connectivity index (χ1n) is 9.83. The van der Waals surface area contributed by atoms with Gasteiger partial charge in [-0.2, -0.15) is 0 Å². The Morgan fingerprint density at radius 1 is 0.839 bits per heavy atom. The van der Waals surface area contributed by atoms with Crippen LogP contribution in [-0.2, 0) is 4.79 Å². The fourth-order valence-electron chi connectivity index (χ4n) is 3.69. The maximum Gasteiger partial charge on any atom is 0.311 e. The summed E-state index contributed by atoms with van der Waals surface area (Å²) in [7, 11) is 3.01. The second-order valence-electron chi connectivity index (χ2n) is 7.10. The molecule has 1 aliphatic heterocycles. The van der Waals surface area contributed by atoms with Crippen LogP contribution in [0, 0.1) is 0 Å². The van der Waals surface area contributed by atoms with Gasteiger partial charge in [-0.1, -0.05) is 24.3 Å². The van der Waals surface area contributed by atoms with Crippen LogP contribution < -0.4 is 14.2 Å². The molecule has 0 atom stereocenters. The maximum absolute atomic E-state index is 12.9. The highest BCUT2D eigenvalue weighted by atomic mass is 16.5. The highest BCUT2D eigenvalue weighted by molar-refractivity contribution is 6.25. The van der Waals surface area contributed by atoms with E-state index in [9.17, 15) is 14.4 Å². The summed E-state index contributed by atoms with van der Waals surface area (Å²) in [5, 5.41) is 1.54. The van der Waals surface area contributed by atoms with Crippen molar-refractivity contribution in [3.05, 3.63) is 65.7 Å². The second kappa shape index (κ2) is 8.47. The molecule has 0 saturated carbocycles. The van der Waals surface area contributed by atoms with Crippen molar-refractivity contribution in [2.75, 3.05) is 20.8 Å². The summed E-state index contributed by atoms with van der Waals surface area (Å²) >= 11 is 0. The summed E-state index contributed by atoms with van der Waals surface area (Å²) in [6, 6.07) is 15.6. The third kappa shape index (κ3) is 3.94. The number of imide groups is 1. The minimum absolute atomic E-state index is 0.0441. The van der Waals surface area contributed by atoms with Crippen LogP contribution in [0.5, 0.6) is 17.2 Å². The first kappa shape index (κ1) is 20.4. The van der Waals surface area contributed by atoms with Crippen molar-refractivity contribution in [1.29, 1.82) is 0 Å². The number of carbonyl (C=O) groups is 3. The van der Waals surface area contributed by atoms with Crippen LogP contribution >= 0.6 is 0 Å². The van der Waals surface area contributed by atoms with Gasteiger partial charge in [-0.3, -0.25) is 19.3 Å². The molecule has 0 saturated heterocycles. The van der Waals surface area contributed by atoms with E-state index in [1.807, 2.05) is 12.1 Å². The van der Waals surface area contributed by atoms with E-state index in [1.54, 1.807) is 42.5 Å². The van der Waals surface area contributed by atoms with Crippen LogP contribution in [0.15, 0.2) is 54.6 Å². The lowest BCUT2D eigenvalue weighted by molar-refractivity contribution is -0.134. The average Bonchev–Trinajstić information content (AvgIpc) is 2.79. The molecule has 2 amide bonds. The molecule has 3 aromatic rings. The molecule has 0 spiro atoms. The monoisotopic (exact) mass is 419 g/mol. The second-order valence-corrected chi connectivity index (χ2v) is 7.10. The quantitative estimate of drug-likeness (QED) is 0.329. The molecule has 3 aromatic carbocycles. The number of ether oxygens (including phenoxy) is 3. The molecule has 1 heterocycles. The standard InChI is InChI=1S/C24H21NO6/c1-29-16-12-17(30-2)14-18(13-16)31-21(26)10-5-11-25-23(27)19-8-3-6-15-7-4-9-20(22(15)19)24(25)28/h3-4,6-9,12-14H,5,10-11H2,1-2H3. The number of esters is 1. The van der Waals surface area contributed by atoms with Crippen molar-refractivity contribution < 1.29 is 28.6 Å². The fraction of sp³-hybridized carbons (Fsp3) is 0.208. The SMILES string of the molecule is COc1cc(OC)cc(OC(=O)CCCN2C(=O)c3cccc4cccc(c34)C2=O)c1. The van der Waals surface area contributed by atoms with Gasteiger partial charge in [-0.05, 0) is 23.9 Å². The summed E-state index contributed by atoms with van der Waals surface area (Å²) in [5.74, 6) is 0.126. The van der Waals surface area contributed by atoms with Crippen LogP contribution in [-0.4, -0.2) is 43.4 Å². The molecule has 1 aliphatic rings.